The lowest BCUT2D eigenvalue weighted by Gasteiger charge is -2.17. The van der Waals surface area contributed by atoms with Crippen LogP contribution in [0.3, 0.4) is 0 Å². The first-order valence-electron chi connectivity index (χ1n) is 8.86. The monoisotopic (exact) mass is 366 g/mol. The second kappa shape index (κ2) is 7.61. The third kappa shape index (κ3) is 4.00. The average Bonchev–Trinajstić information content (AvgIpc) is 3.15. The molecule has 27 heavy (non-hydrogen) atoms. The van der Waals surface area contributed by atoms with Crippen molar-refractivity contribution in [2.24, 2.45) is 0 Å². The van der Waals surface area contributed by atoms with Crippen LogP contribution in [0.5, 0.6) is 11.6 Å². The lowest BCUT2D eigenvalue weighted by Crippen LogP contribution is -2.34. The smallest absolute Gasteiger partial charge is 0.260 e. The normalized spacial score (nSPS) is 16.5. The molecule has 138 valence electrons. The van der Waals surface area contributed by atoms with Crippen LogP contribution in [0.4, 0.5) is 4.39 Å². The molecule has 1 amide bonds. The predicted octanol–water partition coefficient (Wildman–Crippen LogP) is 3.43. The summed E-state index contributed by atoms with van der Waals surface area (Å²) >= 11 is 0. The lowest BCUT2D eigenvalue weighted by molar-refractivity contribution is -0.132. The van der Waals surface area contributed by atoms with E-state index >= 15 is 0 Å². The highest BCUT2D eigenvalue weighted by atomic mass is 19.1. The Balaban J connectivity index is 1.32. The van der Waals surface area contributed by atoms with E-state index < -0.39 is 5.82 Å². The van der Waals surface area contributed by atoms with E-state index in [4.69, 9.17) is 9.47 Å². The number of ether oxygens (including phenoxy) is 2. The molecular weight excluding hydrogens is 347 g/mol. The summed E-state index contributed by atoms with van der Waals surface area (Å²) in [5.41, 5.74) is 0.874. The van der Waals surface area contributed by atoms with Crippen LogP contribution in [-0.2, 0) is 4.79 Å². The Morgan fingerprint density at radius 1 is 1.11 bits per heavy atom. The van der Waals surface area contributed by atoms with Gasteiger partial charge in [-0.05, 0) is 24.3 Å². The number of hydrogen-bond acceptors (Lipinski definition) is 4. The summed E-state index contributed by atoms with van der Waals surface area (Å²) in [5.74, 6) is -0.0278. The highest BCUT2D eigenvalue weighted by molar-refractivity contribution is 5.79. The first-order valence-corrected chi connectivity index (χ1v) is 8.86. The summed E-state index contributed by atoms with van der Waals surface area (Å²) in [4.78, 5) is 18.5. The van der Waals surface area contributed by atoms with Crippen molar-refractivity contribution in [3.63, 3.8) is 0 Å². The molecule has 0 aliphatic carbocycles. The molecule has 2 heterocycles. The molecule has 0 bridgehead atoms. The van der Waals surface area contributed by atoms with Gasteiger partial charge in [0.25, 0.3) is 5.91 Å². The SMILES string of the molecule is O=C(COc1ccccc1F)N1CCC(Oc2ccc3ccccc3n2)C1. The zero-order chi connectivity index (χ0) is 18.6. The van der Waals surface area contributed by atoms with E-state index in [9.17, 15) is 9.18 Å². The second-order valence-corrected chi connectivity index (χ2v) is 6.43. The summed E-state index contributed by atoms with van der Waals surface area (Å²) in [5, 5.41) is 1.05. The van der Waals surface area contributed by atoms with Gasteiger partial charge in [0.15, 0.2) is 18.2 Å². The van der Waals surface area contributed by atoms with Crippen molar-refractivity contribution in [2.75, 3.05) is 19.7 Å². The molecule has 0 spiro atoms. The first kappa shape index (κ1) is 17.3. The first-order chi connectivity index (χ1) is 13.2. The molecule has 2 aromatic carbocycles. The predicted molar refractivity (Wildman–Crippen MR) is 99.3 cm³/mol. The highest BCUT2D eigenvalue weighted by Gasteiger charge is 2.28. The summed E-state index contributed by atoms with van der Waals surface area (Å²) < 4.78 is 24.8. The quantitative estimate of drug-likeness (QED) is 0.694. The summed E-state index contributed by atoms with van der Waals surface area (Å²) in [6.07, 6.45) is 0.607. The number of carbonyl (C=O) groups excluding carboxylic acids is 1. The molecule has 0 N–H and O–H groups in total. The number of nitrogens with zero attached hydrogens (tertiary/aromatic N) is 2. The zero-order valence-corrected chi connectivity index (χ0v) is 14.7. The number of rotatable bonds is 5. The number of likely N-dealkylation sites (tertiary alicyclic amines) is 1. The van der Waals surface area contributed by atoms with Gasteiger partial charge in [0, 0.05) is 24.4 Å². The van der Waals surface area contributed by atoms with Gasteiger partial charge in [0.2, 0.25) is 5.88 Å². The fraction of sp³-hybridized carbons (Fsp3) is 0.238. The maximum absolute atomic E-state index is 13.6. The maximum Gasteiger partial charge on any atom is 0.260 e. The highest BCUT2D eigenvalue weighted by Crippen LogP contribution is 2.21. The minimum absolute atomic E-state index is 0.0817. The van der Waals surface area contributed by atoms with E-state index in [0.717, 1.165) is 17.3 Å². The Morgan fingerprint density at radius 2 is 1.93 bits per heavy atom. The Kier molecular flexibility index (Phi) is 4.87. The Hall–Kier alpha value is -3.15. The van der Waals surface area contributed by atoms with Gasteiger partial charge in [-0.25, -0.2) is 9.37 Å². The average molecular weight is 366 g/mol. The van der Waals surface area contributed by atoms with Crippen LogP contribution in [0.15, 0.2) is 60.7 Å². The third-order valence-corrected chi connectivity index (χ3v) is 4.55. The zero-order valence-electron chi connectivity index (χ0n) is 14.7. The summed E-state index contributed by atoms with van der Waals surface area (Å²) in [6, 6.07) is 17.7. The molecule has 1 aliphatic rings. The molecule has 0 saturated carbocycles. The molecular formula is C21H19FN2O3. The Bertz CT molecular complexity index is 963. The van der Waals surface area contributed by atoms with Crippen LogP contribution < -0.4 is 9.47 Å². The number of aromatic nitrogens is 1. The van der Waals surface area contributed by atoms with E-state index in [2.05, 4.69) is 4.98 Å². The number of pyridine rings is 1. The van der Waals surface area contributed by atoms with E-state index in [0.29, 0.717) is 19.0 Å². The number of fused-ring (bicyclic) bond motifs is 1. The van der Waals surface area contributed by atoms with Gasteiger partial charge in [-0.1, -0.05) is 30.3 Å². The van der Waals surface area contributed by atoms with Gasteiger partial charge in [0.1, 0.15) is 6.10 Å². The topological polar surface area (TPSA) is 51.7 Å². The minimum Gasteiger partial charge on any atom is -0.481 e. The largest absolute Gasteiger partial charge is 0.481 e. The number of halogens is 1. The Labute approximate surface area is 156 Å². The number of amides is 1. The molecule has 3 aromatic rings. The van der Waals surface area contributed by atoms with Crippen LogP contribution in [0.25, 0.3) is 10.9 Å². The van der Waals surface area contributed by atoms with Crippen molar-refractivity contribution in [3.05, 3.63) is 66.5 Å². The number of para-hydroxylation sites is 2. The fourth-order valence-electron chi connectivity index (χ4n) is 3.13. The van der Waals surface area contributed by atoms with Gasteiger partial charge in [-0.2, -0.15) is 0 Å². The van der Waals surface area contributed by atoms with Crippen molar-refractivity contribution in [1.29, 1.82) is 0 Å². The van der Waals surface area contributed by atoms with Crippen LogP contribution in [0.1, 0.15) is 6.42 Å². The minimum atomic E-state index is -0.477. The summed E-state index contributed by atoms with van der Waals surface area (Å²) in [6.45, 7) is 0.855. The van der Waals surface area contributed by atoms with E-state index in [-0.39, 0.29) is 24.4 Å². The van der Waals surface area contributed by atoms with Crippen molar-refractivity contribution in [1.82, 2.24) is 9.88 Å². The molecule has 1 saturated heterocycles. The molecule has 4 rings (SSSR count). The van der Waals surface area contributed by atoms with Crippen LogP contribution >= 0.6 is 0 Å². The van der Waals surface area contributed by atoms with Crippen LogP contribution in [-0.4, -0.2) is 41.6 Å². The number of benzene rings is 2. The maximum atomic E-state index is 13.6. The van der Waals surface area contributed by atoms with Crippen molar-refractivity contribution in [2.45, 2.75) is 12.5 Å². The van der Waals surface area contributed by atoms with E-state index in [1.165, 1.54) is 12.1 Å². The van der Waals surface area contributed by atoms with Crippen LogP contribution in [0, 0.1) is 5.82 Å². The van der Waals surface area contributed by atoms with Crippen molar-refractivity contribution >= 4 is 16.8 Å². The third-order valence-electron chi connectivity index (χ3n) is 4.55. The van der Waals surface area contributed by atoms with Crippen LogP contribution in [0.2, 0.25) is 0 Å². The summed E-state index contributed by atoms with van der Waals surface area (Å²) in [7, 11) is 0. The molecule has 1 unspecified atom stereocenters. The van der Waals surface area contributed by atoms with Gasteiger partial charge in [-0.3, -0.25) is 4.79 Å². The molecule has 6 heteroatoms. The van der Waals surface area contributed by atoms with Gasteiger partial charge >= 0.3 is 0 Å². The standard InChI is InChI=1S/C21H19FN2O3/c22-17-6-2-4-8-19(17)26-14-21(25)24-12-11-16(13-24)27-20-10-9-15-5-1-3-7-18(15)23-20/h1-10,16H,11-14H2. The molecule has 1 fully saturated rings. The van der Waals surface area contributed by atoms with Gasteiger partial charge < -0.3 is 14.4 Å². The molecule has 1 aromatic heterocycles. The number of hydrogen-bond donors (Lipinski definition) is 0. The lowest BCUT2D eigenvalue weighted by atomic mass is 10.2. The van der Waals surface area contributed by atoms with E-state index in [1.807, 2.05) is 36.4 Å². The van der Waals surface area contributed by atoms with Crippen molar-refractivity contribution < 1.29 is 18.7 Å². The molecule has 0 radical (unpaired) electrons. The van der Waals surface area contributed by atoms with Gasteiger partial charge in [0.05, 0.1) is 12.1 Å². The van der Waals surface area contributed by atoms with E-state index in [1.54, 1.807) is 17.0 Å². The molecule has 5 nitrogen and oxygen atoms in total. The van der Waals surface area contributed by atoms with Crippen molar-refractivity contribution in [3.8, 4) is 11.6 Å². The second-order valence-electron chi connectivity index (χ2n) is 6.43. The number of carbonyl (C=O) groups is 1. The fourth-order valence-corrected chi connectivity index (χ4v) is 3.13. The van der Waals surface area contributed by atoms with Gasteiger partial charge in [-0.15, -0.1) is 0 Å². The Morgan fingerprint density at radius 3 is 2.81 bits per heavy atom. The molecule has 1 aliphatic heterocycles. The molecule has 1 atom stereocenters.